The summed E-state index contributed by atoms with van der Waals surface area (Å²) < 4.78 is 11.2. The van der Waals surface area contributed by atoms with Gasteiger partial charge >= 0.3 is 12.1 Å². The second kappa shape index (κ2) is 7.49. The number of rotatable bonds is 4. The minimum Gasteiger partial charge on any atom is -0.492 e. The van der Waals surface area contributed by atoms with E-state index in [2.05, 4.69) is 20.7 Å². The van der Waals surface area contributed by atoms with E-state index in [4.69, 9.17) is 9.84 Å². The molecule has 0 aromatic heterocycles. The zero-order valence-electron chi connectivity index (χ0n) is 12.3. The third-order valence-electron chi connectivity index (χ3n) is 3.71. The maximum absolute atomic E-state index is 11.5. The largest absolute Gasteiger partial charge is 0.492 e. The first-order valence-corrected chi connectivity index (χ1v) is 7.79. The van der Waals surface area contributed by atoms with Crippen LogP contribution in [0.3, 0.4) is 0 Å². The monoisotopic (exact) mass is 371 g/mol. The van der Waals surface area contributed by atoms with Gasteiger partial charge in [-0.05, 0) is 52.9 Å². The molecule has 0 spiro atoms. The predicted octanol–water partition coefficient (Wildman–Crippen LogP) is 3.00. The Morgan fingerprint density at radius 1 is 1.36 bits per heavy atom. The number of likely N-dealkylation sites (tertiary alicyclic amines) is 1. The standard InChI is InChI=1S/C15H18BrNO5/c1-21-14(18)11-2-3-12(16)13(8-11)22-9-10-4-6-17(7-5-10)15(19)20/h2-3,8,10H,4-7,9H2,1H3,(H,19,20). The van der Waals surface area contributed by atoms with Crippen LogP contribution >= 0.6 is 15.9 Å². The number of hydrogen-bond donors (Lipinski definition) is 1. The molecule has 22 heavy (non-hydrogen) atoms. The number of piperidine rings is 1. The molecule has 6 nitrogen and oxygen atoms in total. The van der Waals surface area contributed by atoms with Gasteiger partial charge in [0.2, 0.25) is 0 Å². The van der Waals surface area contributed by atoms with E-state index in [9.17, 15) is 9.59 Å². The lowest BCUT2D eigenvalue weighted by Gasteiger charge is -2.29. The van der Waals surface area contributed by atoms with Crippen molar-refractivity contribution < 1.29 is 24.2 Å². The zero-order chi connectivity index (χ0) is 16.1. The van der Waals surface area contributed by atoms with E-state index in [1.807, 2.05) is 0 Å². The summed E-state index contributed by atoms with van der Waals surface area (Å²) in [6, 6.07) is 5.05. The Bertz CT molecular complexity index is 555. The van der Waals surface area contributed by atoms with Gasteiger partial charge in [0.15, 0.2) is 0 Å². The van der Waals surface area contributed by atoms with Crippen LogP contribution in [0.5, 0.6) is 5.75 Å². The molecular weight excluding hydrogens is 354 g/mol. The zero-order valence-corrected chi connectivity index (χ0v) is 13.8. The summed E-state index contributed by atoms with van der Waals surface area (Å²) in [7, 11) is 1.33. The van der Waals surface area contributed by atoms with Gasteiger partial charge < -0.3 is 19.5 Å². The number of amides is 1. The molecule has 0 atom stereocenters. The Morgan fingerprint density at radius 2 is 2.05 bits per heavy atom. The molecule has 120 valence electrons. The second-order valence-corrected chi connectivity index (χ2v) is 6.02. The number of halogens is 1. The summed E-state index contributed by atoms with van der Waals surface area (Å²) in [5.41, 5.74) is 0.432. The Labute approximate surface area is 137 Å². The lowest BCUT2D eigenvalue weighted by molar-refractivity contribution is 0.0600. The molecule has 1 amide bonds. The number of carboxylic acid groups (broad SMARTS) is 1. The van der Waals surface area contributed by atoms with Crippen molar-refractivity contribution in [2.24, 2.45) is 5.92 Å². The Kier molecular flexibility index (Phi) is 5.65. The minimum atomic E-state index is -0.868. The van der Waals surface area contributed by atoms with Gasteiger partial charge in [0.05, 0.1) is 23.8 Å². The van der Waals surface area contributed by atoms with Crippen molar-refractivity contribution in [1.29, 1.82) is 0 Å². The van der Waals surface area contributed by atoms with Gasteiger partial charge in [-0.25, -0.2) is 9.59 Å². The molecule has 0 bridgehead atoms. The molecule has 1 aliphatic rings. The van der Waals surface area contributed by atoms with Gasteiger partial charge in [0, 0.05) is 13.1 Å². The third-order valence-corrected chi connectivity index (χ3v) is 4.37. The van der Waals surface area contributed by atoms with Crippen LogP contribution in [0.25, 0.3) is 0 Å². The fourth-order valence-corrected chi connectivity index (χ4v) is 2.72. The van der Waals surface area contributed by atoms with Crippen LogP contribution in [0.15, 0.2) is 22.7 Å². The van der Waals surface area contributed by atoms with E-state index in [-0.39, 0.29) is 0 Å². The predicted molar refractivity (Wildman–Crippen MR) is 83.3 cm³/mol. The summed E-state index contributed by atoms with van der Waals surface area (Å²) in [5, 5.41) is 8.92. The summed E-state index contributed by atoms with van der Waals surface area (Å²) in [6.45, 7) is 1.57. The summed E-state index contributed by atoms with van der Waals surface area (Å²) >= 11 is 3.39. The van der Waals surface area contributed by atoms with E-state index >= 15 is 0 Å². The fourth-order valence-electron chi connectivity index (χ4n) is 2.36. The first-order chi connectivity index (χ1) is 10.5. The van der Waals surface area contributed by atoms with Crippen LogP contribution in [0.2, 0.25) is 0 Å². The fraction of sp³-hybridized carbons (Fsp3) is 0.467. The Balaban J connectivity index is 1.92. The molecule has 0 radical (unpaired) electrons. The van der Waals surface area contributed by atoms with Crippen molar-refractivity contribution in [2.75, 3.05) is 26.8 Å². The molecule has 2 rings (SSSR count). The first kappa shape index (κ1) is 16.6. The molecule has 1 aliphatic heterocycles. The molecule has 0 unspecified atom stereocenters. The second-order valence-electron chi connectivity index (χ2n) is 5.16. The van der Waals surface area contributed by atoms with Gasteiger partial charge in [0.1, 0.15) is 5.75 Å². The number of carbonyl (C=O) groups excluding carboxylic acids is 1. The molecule has 1 aromatic rings. The Hall–Kier alpha value is -1.76. The maximum atomic E-state index is 11.5. The van der Waals surface area contributed by atoms with Gasteiger partial charge in [0.25, 0.3) is 0 Å². The van der Waals surface area contributed by atoms with Gasteiger partial charge in [-0.2, -0.15) is 0 Å². The number of hydrogen-bond acceptors (Lipinski definition) is 4. The van der Waals surface area contributed by atoms with Crippen LogP contribution in [0, 0.1) is 5.92 Å². The molecule has 1 N–H and O–H groups in total. The number of esters is 1. The summed E-state index contributed by atoms with van der Waals surface area (Å²) in [4.78, 5) is 23.8. The van der Waals surface area contributed by atoms with Crippen molar-refractivity contribution >= 4 is 28.0 Å². The van der Waals surface area contributed by atoms with Crippen LogP contribution in [0.1, 0.15) is 23.2 Å². The first-order valence-electron chi connectivity index (χ1n) is 6.99. The van der Waals surface area contributed by atoms with Gasteiger partial charge in [-0.1, -0.05) is 0 Å². The molecule has 7 heteroatoms. The van der Waals surface area contributed by atoms with Crippen LogP contribution in [-0.2, 0) is 4.74 Å². The number of methoxy groups -OCH3 is 1. The lowest BCUT2D eigenvalue weighted by atomic mass is 9.98. The smallest absolute Gasteiger partial charge is 0.407 e. The van der Waals surface area contributed by atoms with E-state index in [0.29, 0.717) is 36.9 Å². The highest BCUT2D eigenvalue weighted by Crippen LogP contribution is 2.28. The maximum Gasteiger partial charge on any atom is 0.407 e. The highest BCUT2D eigenvalue weighted by molar-refractivity contribution is 9.10. The quantitative estimate of drug-likeness (QED) is 0.823. The molecule has 0 aliphatic carbocycles. The molecule has 1 fully saturated rings. The highest BCUT2D eigenvalue weighted by Gasteiger charge is 2.23. The molecule has 1 saturated heterocycles. The highest BCUT2D eigenvalue weighted by atomic mass is 79.9. The van der Waals surface area contributed by atoms with Crippen LogP contribution < -0.4 is 4.74 Å². The lowest BCUT2D eigenvalue weighted by Crippen LogP contribution is -2.38. The van der Waals surface area contributed by atoms with Crippen LogP contribution in [0.4, 0.5) is 4.79 Å². The topological polar surface area (TPSA) is 76.1 Å². The van der Waals surface area contributed by atoms with Crippen molar-refractivity contribution in [3.63, 3.8) is 0 Å². The van der Waals surface area contributed by atoms with Crippen LogP contribution in [-0.4, -0.2) is 48.9 Å². The molecule has 1 aromatic carbocycles. The van der Waals surface area contributed by atoms with E-state index in [1.165, 1.54) is 12.0 Å². The molecule has 1 heterocycles. The number of nitrogens with zero attached hydrogens (tertiary/aromatic N) is 1. The summed E-state index contributed by atoms with van der Waals surface area (Å²) in [5.74, 6) is 0.486. The summed E-state index contributed by atoms with van der Waals surface area (Å²) in [6.07, 6.45) is 0.689. The van der Waals surface area contributed by atoms with Crippen molar-refractivity contribution in [3.8, 4) is 5.75 Å². The van der Waals surface area contributed by atoms with E-state index in [1.54, 1.807) is 18.2 Å². The van der Waals surface area contributed by atoms with Gasteiger partial charge in [-0.15, -0.1) is 0 Å². The number of ether oxygens (including phenoxy) is 2. The average Bonchev–Trinajstić information content (AvgIpc) is 2.53. The Morgan fingerprint density at radius 3 is 2.64 bits per heavy atom. The van der Waals surface area contributed by atoms with E-state index < -0.39 is 12.1 Å². The van der Waals surface area contributed by atoms with Crippen molar-refractivity contribution in [2.45, 2.75) is 12.8 Å². The minimum absolute atomic E-state index is 0.310. The van der Waals surface area contributed by atoms with E-state index in [0.717, 1.165) is 17.3 Å². The number of benzene rings is 1. The SMILES string of the molecule is COC(=O)c1ccc(Br)c(OCC2CCN(C(=O)O)CC2)c1. The molecule has 0 saturated carbocycles. The van der Waals surface area contributed by atoms with Crippen molar-refractivity contribution in [3.05, 3.63) is 28.2 Å². The normalized spacial score (nSPS) is 15.5. The van der Waals surface area contributed by atoms with Crippen molar-refractivity contribution in [1.82, 2.24) is 4.90 Å². The van der Waals surface area contributed by atoms with Gasteiger partial charge in [-0.3, -0.25) is 0 Å². The molecular formula is C15H18BrNO5. The average molecular weight is 372 g/mol. The third kappa shape index (κ3) is 4.13. The number of carbonyl (C=O) groups is 2.